The highest BCUT2D eigenvalue weighted by atomic mass is 16.4. The number of carbonyl (C=O) groups excluding carboxylic acids is 1. The van der Waals surface area contributed by atoms with Crippen molar-refractivity contribution in [2.45, 2.75) is 46.6 Å². The van der Waals surface area contributed by atoms with Crippen LogP contribution in [0.5, 0.6) is 0 Å². The van der Waals surface area contributed by atoms with Crippen LogP contribution in [-0.2, 0) is 9.59 Å². The van der Waals surface area contributed by atoms with Gasteiger partial charge in [-0.15, -0.1) is 0 Å². The van der Waals surface area contributed by atoms with Gasteiger partial charge in [0.1, 0.15) is 0 Å². The zero-order valence-corrected chi connectivity index (χ0v) is 9.91. The summed E-state index contributed by atoms with van der Waals surface area (Å²) in [6.07, 6.45) is 0.883. The van der Waals surface area contributed by atoms with E-state index in [1.54, 1.807) is 6.92 Å². The van der Waals surface area contributed by atoms with E-state index in [1.165, 1.54) is 0 Å². The average molecular weight is 215 g/mol. The smallest absolute Gasteiger partial charge is 0.304 e. The lowest BCUT2D eigenvalue weighted by Gasteiger charge is -2.21. The molecule has 0 aromatic carbocycles. The molecule has 4 nitrogen and oxygen atoms in total. The average Bonchev–Trinajstić information content (AvgIpc) is 2.15. The zero-order chi connectivity index (χ0) is 12.0. The van der Waals surface area contributed by atoms with E-state index in [0.29, 0.717) is 5.92 Å². The van der Waals surface area contributed by atoms with Gasteiger partial charge in [0.15, 0.2) is 0 Å². The van der Waals surface area contributed by atoms with Crippen LogP contribution < -0.4 is 5.32 Å². The number of carboxylic acids is 1. The summed E-state index contributed by atoms with van der Waals surface area (Å²) in [5.74, 6) is -1.17. The van der Waals surface area contributed by atoms with Crippen molar-refractivity contribution < 1.29 is 14.7 Å². The number of carbonyl (C=O) groups is 2. The van der Waals surface area contributed by atoms with Gasteiger partial charge in [-0.3, -0.25) is 9.59 Å². The molecule has 0 saturated carbocycles. The summed E-state index contributed by atoms with van der Waals surface area (Å²) in [6.45, 7) is 7.70. The van der Waals surface area contributed by atoms with Gasteiger partial charge < -0.3 is 10.4 Å². The Morgan fingerprint density at radius 1 is 1.27 bits per heavy atom. The molecule has 0 radical (unpaired) electrons. The molecule has 0 bridgehead atoms. The van der Waals surface area contributed by atoms with Gasteiger partial charge in [0.25, 0.3) is 0 Å². The molecule has 0 aliphatic heterocycles. The molecule has 0 spiro atoms. The SMILES string of the molecule is CCC(C)C(C)NC(=O)C(C)CC(=O)O. The van der Waals surface area contributed by atoms with Crippen LogP contribution in [0.15, 0.2) is 0 Å². The second-order valence-electron chi connectivity index (χ2n) is 4.18. The van der Waals surface area contributed by atoms with Gasteiger partial charge in [0, 0.05) is 12.0 Å². The number of aliphatic carboxylic acids is 1. The van der Waals surface area contributed by atoms with Crippen LogP contribution in [0.25, 0.3) is 0 Å². The van der Waals surface area contributed by atoms with Crippen molar-refractivity contribution in [1.29, 1.82) is 0 Å². The lowest BCUT2D eigenvalue weighted by molar-refractivity contribution is -0.141. The molecular weight excluding hydrogens is 194 g/mol. The summed E-state index contributed by atoms with van der Waals surface area (Å²) >= 11 is 0. The molecule has 0 aromatic rings. The topological polar surface area (TPSA) is 66.4 Å². The maximum Gasteiger partial charge on any atom is 0.304 e. The van der Waals surface area contributed by atoms with Crippen LogP contribution >= 0.6 is 0 Å². The first-order chi connectivity index (χ1) is 6.88. The number of amides is 1. The Hall–Kier alpha value is -1.06. The van der Waals surface area contributed by atoms with Crippen LogP contribution in [0.4, 0.5) is 0 Å². The van der Waals surface area contributed by atoms with E-state index in [0.717, 1.165) is 6.42 Å². The fraction of sp³-hybridized carbons (Fsp3) is 0.818. The third-order valence-electron chi connectivity index (χ3n) is 2.80. The molecule has 3 unspecified atom stereocenters. The Morgan fingerprint density at radius 3 is 2.20 bits per heavy atom. The van der Waals surface area contributed by atoms with Crippen molar-refractivity contribution in [3.8, 4) is 0 Å². The highest BCUT2D eigenvalue weighted by Gasteiger charge is 2.19. The lowest BCUT2D eigenvalue weighted by atomic mass is 9.99. The van der Waals surface area contributed by atoms with Gasteiger partial charge in [-0.25, -0.2) is 0 Å². The van der Waals surface area contributed by atoms with E-state index < -0.39 is 11.9 Å². The first-order valence-electron chi connectivity index (χ1n) is 5.40. The highest BCUT2D eigenvalue weighted by molar-refractivity contribution is 5.82. The van der Waals surface area contributed by atoms with Crippen molar-refractivity contribution in [3.05, 3.63) is 0 Å². The first kappa shape index (κ1) is 13.9. The van der Waals surface area contributed by atoms with Crippen molar-refractivity contribution >= 4 is 11.9 Å². The predicted molar refractivity (Wildman–Crippen MR) is 58.5 cm³/mol. The van der Waals surface area contributed by atoms with Crippen molar-refractivity contribution in [2.24, 2.45) is 11.8 Å². The first-order valence-corrected chi connectivity index (χ1v) is 5.40. The summed E-state index contributed by atoms with van der Waals surface area (Å²) < 4.78 is 0. The molecule has 0 heterocycles. The second kappa shape index (κ2) is 6.43. The van der Waals surface area contributed by atoms with E-state index in [1.807, 2.05) is 6.92 Å². The molecule has 3 atom stereocenters. The number of carboxylic acid groups (broad SMARTS) is 1. The third kappa shape index (κ3) is 5.40. The maximum absolute atomic E-state index is 11.5. The number of hydrogen-bond donors (Lipinski definition) is 2. The number of nitrogens with one attached hydrogen (secondary N) is 1. The molecule has 0 aliphatic rings. The second-order valence-corrected chi connectivity index (χ2v) is 4.18. The summed E-state index contributed by atoms with van der Waals surface area (Å²) in [5, 5.41) is 11.4. The van der Waals surface area contributed by atoms with Gasteiger partial charge >= 0.3 is 5.97 Å². The Balaban J connectivity index is 4.06. The van der Waals surface area contributed by atoms with Gasteiger partial charge in [0.05, 0.1) is 6.42 Å². The van der Waals surface area contributed by atoms with Gasteiger partial charge in [-0.2, -0.15) is 0 Å². The summed E-state index contributed by atoms with van der Waals surface area (Å²) in [4.78, 5) is 21.9. The third-order valence-corrected chi connectivity index (χ3v) is 2.80. The monoisotopic (exact) mass is 215 g/mol. The number of rotatable bonds is 6. The van der Waals surface area contributed by atoms with Crippen LogP contribution in [0.3, 0.4) is 0 Å². The van der Waals surface area contributed by atoms with E-state index >= 15 is 0 Å². The van der Waals surface area contributed by atoms with Gasteiger partial charge in [-0.05, 0) is 12.8 Å². The van der Waals surface area contributed by atoms with E-state index in [2.05, 4.69) is 19.2 Å². The molecule has 0 aliphatic carbocycles. The largest absolute Gasteiger partial charge is 0.481 e. The van der Waals surface area contributed by atoms with Crippen molar-refractivity contribution in [3.63, 3.8) is 0 Å². The Morgan fingerprint density at radius 2 is 1.80 bits per heavy atom. The quantitative estimate of drug-likeness (QED) is 0.708. The standard InChI is InChI=1S/C11H21NO3/c1-5-7(2)9(4)12-11(15)8(3)6-10(13)14/h7-9H,5-6H2,1-4H3,(H,12,15)(H,13,14). The molecule has 0 rings (SSSR count). The van der Waals surface area contributed by atoms with E-state index in [9.17, 15) is 9.59 Å². The fourth-order valence-corrected chi connectivity index (χ4v) is 1.22. The zero-order valence-electron chi connectivity index (χ0n) is 9.91. The molecule has 15 heavy (non-hydrogen) atoms. The summed E-state index contributed by atoms with van der Waals surface area (Å²) in [6, 6.07) is 0.0961. The van der Waals surface area contributed by atoms with Crippen LogP contribution in [0.1, 0.15) is 40.5 Å². The van der Waals surface area contributed by atoms with Crippen molar-refractivity contribution in [1.82, 2.24) is 5.32 Å². The van der Waals surface area contributed by atoms with E-state index in [4.69, 9.17) is 5.11 Å². The van der Waals surface area contributed by atoms with Gasteiger partial charge in [-0.1, -0.05) is 27.2 Å². The molecule has 4 heteroatoms. The minimum atomic E-state index is -0.936. The maximum atomic E-state index is 11.5. The van der Waals surface area contributed by atoms with Gasteiger partial charge in [0.2, 0.25) is 5.91 Å². The normalized spacial score (nSPS) is 16.5. The minimum absolute atomic E-state index is 0.0961. The Labute approximate surface area is 91.1 Å². The summed E-state index contributed by atoms with van der Waals surface area (Å²) in [5.41, 5.74) is 0. The molecule has 2 N–H and O–H groups in total. The fourth-order valence-electron chi connectivity index (χ4n) is 1.22. The van der Waals surface area contributed by atoms with Crippen LogP contribution in [0, 0.1) is 11.8 Å². The lowest BCUT2D eigenvalue weighted by Crippen LogP contribution is -2.40. The molecular formula is C11H21NO3. The predicted octanol–water partition coefficient (Wildman–Crippen LogP) is 1.65. The van der Waals surface area contributed by atoms with Crippen LogP contribution in [-0.4, -0.2) is 23.0 Å². The van der Waals surface area contributed by atoms with Crippen molar-refractivity contribution in [2.75, 3.05) is 0 Å². The Kier molecular flexibility index (Phi) is 5.97. The Bertz CT molecular complexity index is 228. The van der Waals surface area contributed by atoms with Crippen LogP contribution in [0.2, 0.25) is 0 Å². The van der Waals surface area contributed by atoms with E-state index in [-0.39, 0.29) is 18.4 Å². The molecule has 0 saturated heterocycles. The molecule has 1 amide bonds. The highest BCUT2D eigenvalue weighted by Crippen LogP contribution is 2.09. The molecule has 88 valence electrons. The summed E-state index contributed by atoms with van der Waals surface area (Å²) in [7, 11) is 0. The molecule has 0 aromatic heterocycles. The molecule has 0 fully saturated rings. The minimum Gasteiger partial charge on any atom is -0.481 e. The number of hydrogen-bond acceptors (Lipinski definition) is 2.